The molecule has 2 aromatic carbocycles. The third-order valence-electron chi connectivity index (χ3n) is 4.70. The summed E-state index contributed by atoms with van der Waals surface area (Å²) >= 11 is 0. The Bertz CT molecular complexity index is 864. The molecule has 0 spiro atoms. The van der Waals surface area contributed by atoms with Crippen molar-refractivity contribution in [3.8, 4) is 0 Å². The minimum absolute atomic E-state index is 0.0776. The van der Waals surface area contributed by atoms with Crippen molar-refractivity contribution in [1.29, 1.82) is 0 Å². The van der Waals surface area contributed by atoms with Crippen molar-refractivity contribution in [2.75, 3.05) is 19.6 Å². The van der Waals surface area contributed by atoms with Crippen LogP contribution < -0.4 is 5.32 Å². The van der Waals surface area contributed by atoms with Gasteiger partial charge in [-0.1, -0.05) is 60.7 Å². The minimum atomic E-state index is 0.0776. The van der Waals surface area contributed by atoms with Crippen LogP contribution in [-0.4, -0.2) is 36.8 Å². The summed E-state index contributed by atoms with van der Waals surface area (Å²) < 4.78 is 0. The molecule has 1 N–H and O–H groups in total. The maximum atomic E-state index is 4.84. The third kappa shape index (κ3) is 5.49. The first-order chi connectivity index (χ1) is 13.8. The zero-order valence-corrected chi connectivity index (χ0v) is 16.7. The Kier molecular flexibility index (Phi) is 7.30. The van der Waals surface area contributed by atoms with Crippen LogP contribution in [0.3, 0.4) is 0 Å². The quantitative estimate of drug-likeness (QED) is 0.820. The second-order valence-electron chi connectivity index (χ2n) is 6.81. The fourth-order valence-electron chi connectivity index (χ4n) is 3.20. The number of benzene rings is 2. The monoisotopic (exact) mass is 372 g/mol. The standard InChI is InChI=1S/C24H28N4/c1-19-23(21-11-5-3-6-12-21)27-17-10-16-26-20(2)24(28-18-9-15-25-19)22-13-7-4-8-14-22/h3-9,11-14,18,24,28H,10,15-17H2,1-2H3/b18-9+,25-19?,26-20?,27-23?. The average molecular weight is 373 g/mol. The fraction of sp³-hybridized carbons (Fsp3) is 0.292. The highest BCUT2D eigenvalue weighted by molar-refractivity contribution is 6.47. The molecule has 1 heterocycles. The summed E-state index contributed by atoms with van der Waals surface area (Å²) in [4.78, 5) is 14.4. The molecule has 0 aromatic heterocycles. The molecule has 4 heteroatoms. The van der Waals surface area contributed by atoms with Crippen molar-refractivity contribution >= 4 is 17.1 Å². The number of nitrogens with one attached hydrogen (secondary N) is 1. The number of rotatable bonds is 2. The first kappa shape index (κ1) is 19.7. The summed E-state index contributed by atoms with van der Waals surface area (Å²) in [6, 6.07) is 20.8. The second-order valence-corrected chi connectivity index (χ2v) is 6.81. The van der Waals surface area contributed by atoms with E-state index in [4.69, 9.17) is 15.0 Å². The van der Waals surface area contributed by atoms with Crippen molar-refractivity contribution in [3.05, 3.63) is 84.1 Å². The summed E-state index contributed by atoms with van der Waals surface area (Å²) in [7, 11) is 0. The Morgan fingerprint density at radius 1 is 0.821 bits per heavy atom. The predicted molar refractivity (Wildman–Crippen MR) is 120 cm³/mol. The zero-order chi connectivity index (χ0) is 19.6. The molecule has 0 radical (unpaired) electrons. The molecular weight excluding hydrogens is 344 g/mol. The van der Waals surface area contributed by atoms with Crippen LogP contribution in [0.25, 0.3) is 0 Å². The Hall–Kier alpha value is -3.01. The normalized spacial score (nSPS) is 20.1. The predicted octanol–water partition coefficient (Wildman–Crippen LogP) is 4.65. The SMILES string of the molecule is CC1=NC/C=C/NC(c2ccccc2)C(C)=NCCCN=C1c1ccccc1. The van der Waals surface area contributed by atoms with E-state index in [0.29, 0.717) is 6.54 Å². The molecule has 0 amide bonds. The van der Waals surface area contributed by atoms with Crippen molar-refractivity contribution in [2.45, 2.75) is 26.3 Å². The second kappa shape index (κ2) is 10.4. The van der Waals surface area contributed by atoms with Gasteiger partial charge in [0.2, 0.25) is 0 Å². The minimum Gasteiger partial charge on any atom is -0.379 e. The highest BCUT2D eigenvalue weighted by atomic mass is 14.9. The molecule has 3 rings (SSSR count). The van der Waals surface area contributed by atoms with E-state index in [-0.39, 0.29) is 6.04 Å². The summed E-state index contributed by atoms with van der Waals surface area (Å²) in [5.74, 6) is 0. The van der Waals surface area contributed by atoms with Crippen LogP contribution in [-0.2, 0) is 0 Å². The molecule has 4 nitrogen and oxygen atoms in total. The summed E-state index contributed by atoms with van der Waals surface area (Å²) in [6.07, 6.45) is 4.94. The van der Waals surface area contributed by atoms with Gasteiger partial charge in [-0.2, -0.15) is 0 Å². The molecule has 1 atom stereocenters. The van der Waals surface area contributed by atoms with Gasteiger partial charge < -0.3 is 5.32 Å². The fourth-order valence-corrected chi connectivity index (χ4v) is 3.20. The topological polar surface area (TPSA) is 49.1 Å². The van der Waals surface area contributed by atoms with E-state index < -0.39 is 0 Å². The van der Waals surface area contributed by atoms with E-state index in [2.05, 4.69) is 48.6 Å². The van der Waals surface area contributed by atoms with Gasteiger partial charge in [0.05, 0.1) is 24.0 Å². The highest BCUT2D eigenvalue weighted by Gasteiger charge is 2.12. The van der Waals surface area contributed by atoms with Crippen molar-refractivity contribution in [3.63, 3.8) is 0 Å². The highest BCUT2D eigenvalue weighted by Crippen LogP contribution is 2.15. The summed E-state index contributed by atoms with van der Waals surface area (Å²) in [5.41, 5.74) is 5.35. The van der Waals surface area contributed by atoms with Gasteiger partial charge in [0.1, 0.15) is 0 Å². The van der Waals surface area contributed by atoms with Crippen LogP contribution in [0.1, 0.15) is 37.4 Å². The van der Waals surface area contributed by atoms with Crippen molar-refractivity contribution in [1.82, 2.24) is 5.32 Å². The Morgan fingerprint density at radius 2 is 1.50 bits per heavy atom. The van der Waals surface area contributed by atoms with Crippen molar-refractivity contribution in [2.24, 2.45) is 15.0 Å². The Labute approximate surface area is 167 Å². The number of aliphatic imine (C=N–C) groups is 3. The molecular formula is C24H28N4. The molecule has 0 aliphatic carbocycles. The van der Waals surface area contributed by atoms with Gasteiger partial charge >= 0.3 is 0 Å². The van der Waals surface area contributed by atoms with Crippen LogP contribution in [0.15, 0.2) is 87.9 Å². The molecule has 0 bridgehead atoms. The number of hydrogen-bond donors (Lipinski definition) is 1. The average Bonchev–Trinajstić information content (AvgIpc) is 2.73. The molecule has 1 unspecified atom stereocenters. The lowest BCUT2D eigenvalue weighted by Gasteiger charge is -2.18. The number of nitrogens with zero attached hydrogens (tertiary/aromatic N) is 3. The van der Waals surface area contributed by atoms with Gasteiger partial charge in [-0.15, -0.1) is 0 Å². The van der Waals surface area contributed by atoms with Gasteiger partial charge in [-0.3, -0.25) is 15.0 Å². The van der Waals surface area contributed by atoms with Crippen LogP contribution >= 0.6 is 0 Å². The first-order valence-corrected chi connectivity index (χ1v) is 9.84. The summed E-state index contributed by atoms with van der Waals surface area (Å²) in [6.45, 7) is 6.25. The maximum absolute atomic E-state index is 4.84. The van der Waals surface area contributed by atoms with Crippen LogP contribution in [0, 0.1) is 0 Å². The lowest BCUT2D eigenvalue weighted by atomic mass is 10.0. The zero-order valence-electron chi connectivity index (χ0n) is 16.7. The molecule has 1 aliphatic rings. The van der Waals surface area contributed by atoms with Crippen LogP contribution in [0.2, 0.25) is 0 Å². The van der Waals surface area contributed by atoms with E-state index in [0.717, 1.165) is 42.2 Å². The van der Waals surface area contributed by atoms with Gasteiger partial charge in [0.15, 0.2) is 0 Å². The molecule has 2 aromatic rings. The van der Waals surface area contributed by atoms with Gasteiger partial charge in [0, 0.05) is 24.4 Å². The van der Waals surface area contributed by atoms with Crippen molar-refractivity contribution < 1.29 is 0 Å². The van der Waals surface area contributed by atoms with Gasteiger partial charge in [-0.25, -0.2) is 0 Å². The van der Waals surface area contributed by atoms with E-state index in [1.807, 2.05) is 43.5 Å². The molecule has 28 heavy (non-hydrogen) atoms. The maximum Gasteiger partial charge on any atom is 0.0888 e. The van der Waals surface area contributed by atoms with Gasteiger partial charge in [0.25, 0.3) is 0 Å². The molecule has 0 saturated heterocycles. The van der Waals surface area contributed by atoms with E-state index in [9.17, 15) is 0 Å². The first-order valence-electron chi connectivity index (χ1n) is 9.84. The van der Waals surface area contributed by atoms with Crippen LogP contribution in [0.4, 0.5) is 0 Å². The largest absolute Gasteiger partial charge is 0.379 e. The molecule has 0 fully saturated rings. The van der Waals surface area contributed by atoms with E-state index >= 15 is 0 Å². The lowest BCUT2D eigenvalue weighted by Crippen LogP contribution is -2.23. The van der Waals surface area contributed by atoms with E-state index in [1.54, 1.807) is 0 Å². The summed E-state index contributed by atoms with van der Waals surface area (Å²) in [5, 5.41) is 3.49. The Balaban J connectivity index is 1.82. The molecule has 144 valence electrons. The lowest BCUT2D eigenvalue weighted by molar-refractivity contribution is 0.770. The van der Waals surface area contributed by atoms with Gasteiger partial charge in [-0.05, 0) is 38.1 Å². The smallest absolute Gasteiger partial charge is 0.0888 e. The molecule has 0 saturated carbocycles. The third-order valence-corrected chi connectivity index (χ3v) is 4.70. The number of hydrogen-bond acceptors (Lipinski definition) is 4. The Morgan fingerprint density at radius 3 is 2.25 bits per heavy atom. The van der Waals surface area contributed by atoms with Crippen LogP contribution in [0.5, 0.6) is 0 Å². The molecule has 1 aliphatic heterocycles. The van der Waals surface area contributed by atoms with E-state index in [1.165, 1.54) is 5.56 Å².